The zero-order valence-corrected chi connectivity index (χ0v) is 8.32. The maximum atomic E-state index is 13.7. The van der Waals surface area contributed by atoms with Crippen molar-refractivity contribution in [3.63, 3.8) is 0 Å². The third-order valence-electron chi connectivity index (χ3n) is 3.32. The summed E-state index contributed by atoms with van der Waals surface area (Å²) in [4.78, 5) is 0. The number of aliphatic hydroxyl groups is 1. The average molecular weight is 192 g/mol. The van der Waals surface area contributed by atoms with Crippen LogP contribution >= 0.6 is 0 Å². The molecule has 1 unspecified atom stereocenters. The summed E-state index contributed by atoms with van der Waals surface area (Å²) in [6.45, 7) is 3.19. The van der Waals surface area contributed by atoms with Crippen LogP contribution in [-0.2, 0) is 0 Å². The number of hydrogen-bond acceptors (Lipinski definition) is 1. The molecule has 78 valence electrons. The maximum Gasteiger partial charge on any atom is 0.278 e. The van der Waals surface area contributed by atoms with Crippen molar-refractivity contribution in [1.82, 2.24) is 0 Å². The highest BCUT2D eigenvalue weighted by Gasteiger charge is 2.54. The molecule has 0 bridgehead atoms. The van der Waals surface area contributed by atoms with Crippen molar-refractivity contribution in [2.75, 3.05) is 0 Å². The Labute approximate surface area is 78.1 Å². The first kappa shape index (κ1) is 10.9. The van der Waals surface area contributed by atoms with Crippen molar-refractivity contribution in [1.29, 1.82) is 0 Å². The zero-order valence-electron chi connectivity index (χ0n) is 8.32. The van der Waals surface area contributed by atoms with Crippen LogP contribution in [0.1, 0.15) is 46.0 Å². The minimum atomic E-state index is -2.92. The van der Waals surface area contributed by atoms with Crippen LogP contribution in [-0.4, -0.2) is 17.1 Å². The van der Waals surface area contributed by atoms with Crippen molar-refractivity contribution in [3.05, 3.63) is 0 Å². The normalized spacial score (nSPS) is 24.7. The van der Waals surface area contributed by atoms with Crippen LogP contribution < -0.4 is 0 Å². The standard InChI is InChI=1S/C10H18F2O/c1-3-8(13)10(11,12)9(2)6-4-5-7-9/h8,13H,3-7H2,1-2H3. The number of alkyl halides is 2. The molecule has 0 aromatic rings. The van der Waals surface area contributed by atoms with Crippen LogP contribution in [0.3, 0.4) is 0 Å². The topological polar surface area (TPSA) is 20.2 Å². The van der Waals surface area contributed by atoms with Crippen molar-refractivity contribution in [2.24, 2.45) is 5.41 Å². The quantitative estimate of drug-likeness (QED) is 0.728. The van der Waals surface area contributed by atoms with E-state index in [1.165, 1.54) is 0 Å². The van der Waals surface area contributed by atoms with Crippen LogP contribution in [0, 0.1) is 5.41 Å². The molecule has 3 heteroatoms. The molecule has 0 aromatic heterocycles. The van der Waals surface area contributed by atoms with Crippen LogP contribution in [0.15, 0.2) is 0 Å². The van der Waals surface area contributed by atoms with Crippen molar-refractivity contribution in [2.45, 2.75) is 58.0 Å². The first-order chi connectivity index (χ1) is 5.94. The molecule has 1 aliphatic carbocycles. The van der Waals surface area contributed by atoms with E-state index in [9.17, 15) is 13.9 Å². The van der Waals surface area contributed by atoms with E-state index in [1.807, 2.05) is 0 Å². The smallest absolute Gasteiger partial charge is 0.278 e. The van der Waals surface area contributed by atoms with Gasteiger partial charge in [0.05, 0.1) is 0 Å². The predicted molar refractivity (Wildman–Crippen MR) is 47.8 cm³/mol. The number of halogens is 2. The highest BCUT2D eigenvalue weighted by atomic mass is 19.3. The summed E-state index contributed by atoms with van der Waals surface area (Å²) in [7, 11) is 0. The molecule has 0 amide bonds. The first-order valence-electron chi connectivity index (χ1n) is 5.00. The molecule has 0 saturated heterocycles. The minimum absolute atomic E-state index is 0.128. The Bertz CT molecular complexity index is 174. The molecule has 0 aromatic carbocycles. The van der Waals surface area contributed by atoms with Gasteiger partial charge in [-0.05, 0) is 19.3 Å². The van der Waals surface area contributed by atoms with E-state index in [0.29, 0.717) is 12.8 Å². The SMILES string of the molecule is CCC(O)C(F)(F)C1(C)CCCC1. The van der Waals surface area contributed by atoms with E-state index < -0.39 is 17.4 Å². The predicted octanol–water partition coefficient (Wildman–Crippen LogP) is 2.97. The fourth-order valence-electron chi connectivity index (χ4n) is 2.15. The van der Waals surface area contributed by atoms with Crippen LogP contribution in [0.4, 0.5) is 8.78 Å². The highest BCUT2D eigenvalue weighted by molar-refractivity contribution is 4.96. The second kappa shape index (κ2) is 3.52. The Morgan fingerprint density at radius 1 is 1.38 bits per heavy atom. The maximum absolute atomic E-state index is 13.7. The lowest BCUT2D eigenvalue weighted by Crippen LogP contribution is -2.46. The third-order valence-corrected chi connectivity index (χ3v) is 3.32. The Morgan fingerprint density at radius 2 is 1.85 bits per heavy atom. The Morgan fingerprint density at radius 3 is 2.23 bits per heavy atom. The lowest BCUT2D eigenvalue weighted by molar-refractivity contribution is -0.185. The molecule has 0 aliphatic heterocycles. The van der Waals surface area contributed by atoms with Gasteiger partial charge in [-0.3, -0.25) is 0 Å². The number of rotatable bonds is 3. The van der Waals surface area contributed by atoms with Gasteiger partial charge in [0.1, 0.15) is 6.10 Å². The highest BCUT2D eigenvalue weighted by Crippen LogP contribution is 2.51. The van der Waals surface area contributed by atoms with Crippen LogP contribution in [0.25, 0.3) is 0 Å². The molecule has 1 aliphatic rings. The molecule has 1 rings (SSSR count). The monoisotopic (exact) mass is 192 g/mol. The van der Waals surface area contributed by atoms with Gasteiger partial charge in [0.15, 0.2) is 0 Å². The number of aliphatic hydroxyl groups excluding tert-OH is 1. The molecular weight excluding hydrogens is 174 g/mol. The zero-order chi connectivity index (χ0) is 10.1. The molecule has 1 saturated carbocycles. The van der Waals surface area contributed by atoms with Gasteiger partial charge in [-0.2, -0.15) is 0 Å². The van der Waals surface area contributed by atoms with E-state index in [0.717, 1.165) is 12.8 Å². The molecule has 13 heavy (non-hydrogen) atoms. The summed E-state index contributed by atoms with van der Waals surface area (Å²) in [5.74, 6) is -2.92. The van der Waals surface area contributed by atoms with Crippen molar-refractivity contribution in [3.8, 4) is 0 Å². The van der Waals surface area contributed by atoms with Gasteiger partial charge in [-0.1, -0.05) is 26.7 Å². The van der Waals surface area contributed by atoms with Gasteiger partial charge in [0, 0.05) is 5.41 Å². The fourth-order valence-corrected chi connectivity index (χ4v) is 2.15. The van der Waals surface area contributed by atoms with Gasteiger partial charge in [-0.15, -0.1) is 0 Å². The lowest BCUT2D eigenvalue weighted by atomic mass is 9.78. The number of hydrogen-bond donors (Lipinski definition) is 1. The molecule has 1 nitrogen and oxygen atoms in total. The molecule has 0 heterocycles. The average Bonchev–Trinajstić information content (AvgIpc) is 2.52. The van der Waals surface area contributed by atoms with E-state index in [4.69, 9.17) is 0 Å². The van der Waals surface area contributed by atoms with Gasteiger partial charge in [0.25, 0.3) is 5.92 Å². The van der Waals surface area contributed by atoms with E-state index in [2.05, 4.69) is 0 Å². The summed E-state index contributed by atoms with van der Waals surface area (Å²) in [6, 6.07) is 0. The molecule has 1 atom stereocenters. The molecular formula is C10H18F2O. The van der Waals surface area contributed by atoms with E-state index in [-0.39, 0.29) is 6.42 Å². The fraction of sp³-hybridized carbons (Fsp3) is 1.00. The largest absolute Gasteiger partial charge is 0.387 e. The van der Waals surface area contributed by atoms with Crippen molar-refractivity contribution < 1.29 is 13.9 Å². The van der Waals surface area contributed by atoms with E-state index >= 15 is 0 Å². The Balaban J connectivity index is 2.77. The van der Waals surface area contributed by atoms with Crippen molar-refractivity contribution >= 4 is 0 Å². The summed E-state index contributed by atoms with van der Waals surface area (Å²) in [5, 5.41) is 9.26. The van der Waals surface area contributed by atoms with Crippen LogP contribution in [0.2, 0.25) is 0 Å². The second-order valence-electron chi connectivity index (χ2n) is 4.31. The Kier molecular flexibility index (Phi) is 2.95. The Hall–Kier alpha value is -0.180. The lowest BCUT2D eigenvalue weighted by Gasteiger charge is -2.36. The first-order valence-corrected chi connectivity index (χ1v) is 5.00. The van der Waals surface area contributed by atoms with Gasteiger partial charge >= 0.3 is 0 Å². The van der Waals surface area contributed by atoms with E-state index in [1.54, 1.807) is 13.8 Å². The second-order valence-corrected chi connectivity index (χ2v) is 4.31. The van der Waals surface area contributed by atoms with Gasteiger partial charge in [-0.25, -0.2) is 8.78 Å². The molecule has 1 fully saturated rings. The molecule has 0 spiro atoms. The molecule has 1 N–H and O–H groups in total. The summed E-state index contributed by atoms with van der Waals surface area (Å²) < 4.78 is 27.3. The van der Waals surface area contributed by atoms with Gasteiger partial charge in [0.2, 0.25) is 0 Å². The molecule has 0 radical (unpaired) electrons. The third kappa shape index (κ3) is 1.71. The summed E-state index contributed by atoms with van der Waals surface area (Å²) in [6.07, 6.45) is 1.46. The minimum Gasteiger partial charge on any atom is -0.387 e. The van der Waals surface area contributed by atoms with Gasteiger partial charge < -0.3 is 5.11 Å². The summed E-state index contributed by atoms with van der Waals surface area (Å²) in [5.41, 5.74) is -0.970. The van der Waals surface area contributed by atoms with Crippen LogP contribution in [0.5, 0.6) is 0 Å². The summed E-state index contributed by atoms with van der Waals surface area (Å²) >= 11 is 0.